The summed E-state index contributed by atoms with van der Waals surface area (Å²) in [6.45, 7) is 0. The van der Waals surface area contributed by atoms with Gasteiger partial charge in [-0.15, -0.1) is 0 Å². The summed E-state index contributed by atoms with van der Waals surface area (Å²) in [5, 5.41) is 0. The van der Waals surface area contributed by atoms with E-state index in [1.54, 1.807) is 0 Å². The zero-order chi connectivity index (χ0) is 7.40. The molecule has 10 heavy (non-hydrogen) atoms. The summed E-state index contributed by atoms with van der Waals surface area (Å²) in [6.07, 6.45) is 0.547. The molecule has 0 aliphatic heterocycles. The molecule has 0 aromatic heterocycles. The Balaban J connectivity index is 2.84. The molecule has 0 unspecified atom stereocenters. The smallest absolute Gasteiger partial charge is 0.160 e. The fourth-order valence-corrected chi connectivity index (χ4v) is 1.11. The van der Waals surface area contributed by atoms with Crippen molar-refractivity contribution in [2.24, 2.45) is 0 Å². The normalized spacial score (nSPS) is 10.0. The molecule has 0 spiro atoms. The molecule has 1 aromatic rings. The SMILES string of the molecule is Nc1cccc(CP=O)c1. The highest BCUT2D eigenvalue weighted by Gasteiger charge is 1.90. The van der Waals surface area contributed by atoms with Crippen molar-refractivity contribution in [2.45, 2.75) is 6.16 Å². The predicted octanol–water partition coefficient (Wildman–Crippen LogP) is 2.06. The lowest BCUT2D eigenvalue weighted by molar-refractivity contribution is 0.598. The maximum Gasteiger partial charge on any atom is 0.160 e. The molecule has 0 aliphatic carbocycles. The van der Waals surface area contributed by atoms with Gasteiger partial charge >= 0.3 is 0 Å². The van der Waals surface area contributed by atoms with Crippen LogP contribution in [0.3, 0.4) is 0 Å². The lowest BCUT2D eigenvalue weighted by Crippen LogP contribution is -1.84. The summed E-state index contributed by atoms with van der Waals surface area (Å²) in [5.41, 5.74) is 7.22. The van der Waals surface area contributed by atoms with Crippen molar-refractivity contribution in [1.82, 2.24) is 0 Å². The van der Waals surface area contributed by atoms with Crippen LogP contribution in [0, 0.1) is 0 Å². The topological polar surface area (TPSA) is 43.1 Å². The van der Waals surface area contributed by atoms with Crippen molar-refractivity contribution in [3.63, 3.8) is 0 Å². The molecule has 0 atom stereocenters. The second kappa shape index (κ2) is 3.33. The molecule has 1 rings (SSSR count). The minimum atomic E-state index is 0.142. The predicted molar refractivity (Wildman–Crippen MR) is 42.2 cm³/mol. The Kier molecular flexibility index (Phi) is 2.41. The third kappa shape index (κ3) is 1.82. The first-order valence-electron chi connectivity index (χ1n) is 2.96. The third-order valence-electron chi connectivity index (χ3n) is 1.20. The molecule has 0 aliphatic rings. The van der Waals surface area contributed by atoms with E-state index in [1.807, 2.05) is 24.3 Å². The molecule has 0 amide bonds. The Morgan fingerprint density at radius 2 is 2.30 bits per heavy atom. The van der Waals surface area contributed by atoms with E-state index < -0.39 is 0 Å². The van der Waals surface area contributed by atoms with Gasteiger partial charge in [0.05, 0.1) is 6.16 Å². The van der Waals surface area contributed by atoms with Gasteiger partial charge in [0.25, 0.3) is 0 Å². The minimum Gasteiger partial charge on any atom is -0.399 e. The highest BCUT2D eigenvalue weighted by molar-refractivity contribution is 7.22. The van der Waals surface area contributed by atoms with Crippen LogP contribution in [-0.2, 0) is 10.7 Å². The summed E-state index contributed by atoms with van der Waals surface area (Å²) >= 11 is 0. The van der Waals surface area contributed by atoms with E-state index in [1.165, 1.54) is 0 Å². The molecule has 0 fully saturated rings. The Hall–Kier alpha value is -0.880. The van der Waals surface area contributed by atoms with Crippen molar-refractivity contribution in [2.75, 3.05) is 5.73 Å². The van der Waals surface area contributed by atoms with Crippen LogP contribution in [0.2, 0.25) is 0 Å². The monoisotopic (exact) mass is 153 g/mol. The molecule has 0 bridgehead atoms. The summed E-state index contributed by atoms with van der Waals surface area (Å²) < 4.78 is 10.1. The van der Waals surface area contributed by atoms with Crippen LogP contribution < -0.4 is 5.73 Å². The van der Waals surface area contributed by atoms with Gasteiger partial charge in [0.1, 0.15) is 0 Å². The van der Waals surface area contributed by atoms with Crippen LogP contribution in [0.5, 0.6) is 0 Å². The van der Waals surface area contributed by atoms with E-state index in [0.717, 1.165) is 11.3 Å². The Morgan fingerprint density at radius 3 is 2.90 bits per heavy atom. The van der Waals surface area contributed by atoms with Gasteiger partial charge in [0, 0.05) is 5.69 Å². The summed E-state index contributed by atoms with van der Waals surface area (Å²) in [4.78, 5) is 0. The molecule has 2 nitrogen and oxygen atoms in total. The number of nitrogen functional groups attached to an aromatic ring is 1. The molecule has 0 heterocycles. The molecule has 0 saturated carbocycles. The first-order valence-corrected chi connectivity index (χ1v) is 3.96. The fourth-order valence-electron chi connectivity index (χ4n) is 0.766. The fraction of sp³-hybridized carbons (Fsp3) is 0.143. The summed E-state index contributed by atoms with van der Waals surface area (Å²) in [6, 6.07) is 7.40. The van der Waals surface area contributed by atoms with Crippen molar-refractivity contribution < 1.29 is 4.57 Å². The van der Waals surface area contributed by atoms with Crippen LogP contribution >= 0.6 is 8.46 Å². The zero-order valence-electron chi connectivity index (χ0n) is 5.45. The van der Waals surface area contributed by atoms with Crippen molar-refractivity contribution in [3.8, 4) is 0 Å². The van der Waals surface area contributed by atoms with E-state index in [-0.39, 0.29) is 8.46 Å². The standard InChI is InChI=1S/C7H8NOP/c8-7-3-1-2-6(4-7)5-10-9/h1-4H,5,8H2. The van der Waals surface area contributed by atoms with Crippen LogP contribution in [0.15, 0.2) is 24.3 Å². The van der Waals surface area contributed by atoms with Gasteiger partial charge < -0.3 is 5.73 Å². The van der Waals surface area contributed by atoms with Gasteiger partial charge in [-0.1, -0.05) is 12.1 Å². The molecular formula is C7H8NOP. The molecular weight excluding hydrogens is 145 g/mol. The quantitative estimate of drug-likeness (QED) is 0.522. The van der Waals surface area contributed by atoms with Gasteiger partial charge in [0.15, 0.2) is 8.46 Å². The van der Waals surface area contributed by atoms with Gasteiger partial charge in [-0.05, 0) is 17.7 Å². The highest BCUT2D eigenvalue weighted by Crippen LogP contribution is 2.11. The average molecular weight is 153 g/mol. The van der Waals surface area contributed by atoms with Gasteiger partial charge in [-0.3, -0.25) is 4.57 Å². The number of nitrogens with two attached hydrogens (primary N) is 1. The number of rotatable bonds is 2. The van der Waals surface area contributed by atoms with Gasteiger partial charge in [0.2, 0.25) is 0 Å². The number of benzene rings is 1. The molecule has 1 aromatic carbocycles. The van der Waals surface area contributed by atoms with Crippen LogP contribution in [0.25, 0.3) is 0 Å². The minimum absolute atomic E-state index is 0.142. The van der Waals surface area contributed by atoms with Crippen molar-refractivity contribution in [3.05, 3.63) is 29.8 Å². The first-order chi connectivity index (χ1) is 4.83. The van der Waals surface area contributed by atoms with E-state index in [2.05, 4.69) is 0 Å². The van der Waals surface area contributed by atoms with Crippen molar-refractivity contribution in [1.29, 1.82) is 0 Å². The summed E-state index contributed by atoms with van der Waals surface area (Å²) in [7, 11) is 0.142. The van der Waals surface area contributed by atoms with Gasteiger partial charge in [-0.25, -0.2) is 0 Å². The zero-order valence-corrected chi connectivity index (χ0v) is 6.34. The second-order valence-electron chi connectivity index (χ2n) is 2.03. The average Bonchev–Trinajstić information content (AvgIpc) is 1.88. The molecule has 52 valence electrons. The maximum atomic E-state index is 10.1. The maximum absolute atomic E-state index is 10.1. The number of anilines is 1. The Labute approximate surface area is 61.3 Å². The third-order valence-corrected chi connectivity index (χ3v) is 1.69. The second-order valence-corrected chi connectivity index (χ2v) is 2.61. The van der Waals surface area contributed by atoms with E-state index in [4.69, 9.17) is 5.73 Å². The van der Waals surface area contributed by atoms with Crippen molar-refractivity contribution >= 4 is 14.1 Å². The molecule has 2 N–H and O–H groups in total. The van der Waals surface area contributed by atoms with E-state index in [0.29, 0.717) is 6.16 Å². The van der Waals surface area contributed by atoms with E-state index >= 15 is 0 Å². The Bertz CT molecular complexity index is 237. The Morgan fingerprint density at radius 1 is 1.50 bits per heavy atom. The number of hydrogen-bond acceptors (Lipinski definition) is 2. The summed E-state index contributed by atoms with van der Waals surface area (Å²) in [5.74, 6) is 0. The van der Waals surface area contributed by atoms with Crippen LogP contribution in [0.1, 0.15) is 5.56 Å². The molecule has 0 radical (unpaired) electrons. The highest BCUT2D eigenvalue weighted by atomic mass is 31.1. The van der Waals surface area contributed by atoms with Crippen LogP contribution in [0.4, 0.5) is 5.69 Å². The van der Waals surface area contributed by atoms with Crippen LogP contribution in [-0.4, -0.2) is 0 Å². The lowest BCUT2D eigenvalue weighted by atomic mass is 10.2. The largest absolute Gasteiger partial charge is 0.399 e. The van der Waals surface area contributed by atoms with Gasteiger partial charge in [-0.2, -0.15) is 0 Å². The first kappa shape index (κ1) is 7.23. The number of hydrogen-bond donors (Lipinski definition) is 1. The molecule has 0 saturated heterocycles. The van der Waals surface area contributed by atoms with E-state index in [9.17, 15) is 4.57 Å². The molecule has 3 heteroatoms. The lowest BCUT2D eigenvalue weighted by Gasteiger charge is -1.94.